The van der Waals surface area contributed by atoms with Crippen LogP contribution in [0.15, 0.2) is 18.2 Å². The van der Waals surface area contributed by atoms with Crippen molar-refractivity contribution >= 4 is 29.2 Å². The van der Waals surface area contributed by atoms with E-state index in [0.29, 0.717) is 25.1 Å². The lowest BCUT2D eigenvalue weighted by atomic mass is 9.78. The maximum atomic E-state index is 12.7. The highest BCUT2D eigenvalue weighted by molar-refractivity contribution is 6.08. The van der Waals surface area contributed by atoms with Crippen molar-refractivity contribution < 1.29 is 19.5 Å². The highest BCUT2D eigenvalue weighted by atomic mass is 16.4. The molecular weight excluding hydrogens is 332 g/mol. The summed E-state index contributed by atoms with van der Waals surface area (Å²) in [5.74, 6) is -2.21. The van der Waals surface area contributed by atoms with Crippen LogP contribution in [0.5, 0.6) is 0 Å². The monoisotopic (exact) mass is 358 g/mol. The molecule has 1 fully saturated rings. The van der Waals surface area contributed by atoms with Gasteiger partial charge in [0.2, 0.25) is 11.8 Å². The topological polar surface area (TPSA) is 86.7 Å². The number of amides is 2. The molecule has 26 heavy (non-hydrogen) atoms. The molecule has 3 rings (SSSR count). The molecule has 0 bridgehead atoms. The summed E-state index contributed by atoms with van der Waals surface area (Å²) in [5, 5.41) is 12.3. The fourth-order valence-corrected chi connectivity index (χ4v) is 4.20. The van der Waals surface area contributed by atoms with Gasteiger partial charge in [-0.25, -0.2) is 0 Å². The number of nitrogens with zero attached hydrogens (tertiary/aromatic N) is 1. The number of nitrogens with one attached hydrogen (secondary N) is 1. The summed E-state index contributed by atoms with van der Waals surface area (Å²) in [6, 6.07) is 5.49. The molecular formula is C20H26N2O4. The van der Waals surface area contributed by atoms with Crippen molar-refractivity contribution in [2.24, 2.45) is 11.8 Å². The molecule has 2 atom stereocenters. The van der Waals surface area contributed by atoms with E-state index in [4.69, 9.17) is 0 Å². The first-order chi connectivity index (χ1) is 12.3. The standard InChI is InChI=1S/C20H26N2O4/c1-4-22-16-10-9-12(11-15(16)20(2,3)19(22)26)21-17(23)13-7-5-6-8-14(13)18(24)25/h9-11,13-14H,4-8H2,1-3H3,(H,21,23)(H,24,25)/t13-,14-/m0/s1. The third-order valence-corrected chi connectivity index (χ3v) is 5.74. The van der Waals surface area contributed by atoms with E-state index in [1.165, 1.54) is 0 Å². The fourth-order valence-electron chi connectivity index (χ4n) is 4.20. The van der Waals surface area contributed by atoms with E-state index in [1.807, 2.05) is 32.9 Å². The first-order valence-corrected chi connectivity index (χ1v) is 9.27. The van der Waals surface area contributed by atoms with Crippen molar-refractivity contribution in [1.82, 2.24) is 0 Å². The Kier molecular flexibility index (Phi) is 4.78. The van der Waals surface area contributed by atoms with Crippen LogP contribution in [-0.2, 0) is 19.8 Å². The van der Waals surface area contributed by atoms with Gasteiger partial charge in [0.05, 0.1) is 17.3 Å². The zero-order valence-corrected chi connectivity index (χ0v) is 15.5. The molecule has 6 nitrogen and oxygen atoms in total. The van der Waals surface area contributed by atoms with Crippen LogP contribution in [-0.4, -0.2) is 29.4 Å². The van der Waals surface area contributed by atoms with Crippen LogP contribution >= 0.6 is 0 Å². The number of carbonyl (C=O) groups excluding carboxylic acids is 2. The van der Waals surface area contributed by atoms with Gasteiger partial charge in [-0.3, -0.25) is 14.4 Å². The van der Waals surface area contributed by atoms with Gasteiger partial charge in [-0.1, -0.05) is 12.8 Å². The van der Waals surface area contributed by atoms with Crippen LogP contribution in [0.4, 0.5) is 11.4 Å². The molecule has 1 aliphatic heterocycles. The summed E-state index contributed by atoms with van der Waals surface area (Å²) < 4.78 is 0. The average Bonchev–Trinajstić information content (AvgIpc) is 2.81. The lowest BCUT2D eigenvalue weighted by Gasteiger charge is -2.27. The number of likely N-dealkylation sites (N-methyl/N-ethyl adjacent to an activating group) is 1. The summed E-state index contributed by atoms with van der Waals surface area (Å²) in [6.07, 6.45) is 2.87. The molecule has 0 unspecified atom stereocenters. The third kappa shape index (κ3) is 2.97. The molecule has 0 spiro atoms. The number of hydrogen-bond acceptors (Lipinski definition) is 3. The SMILES string of the molecule is CCN1C(=O)C(C)(C)c2cc(NC(=O)[C@H]3CCCC[C@@H]3C(=O)O)ccc21. The van der Waals surface area contributed by atoms with E-state index in [0.717, 1.165) is 24.1 Å². The van der Waals surface area contributed by atoms with Crippen LogP contribution in [0.25, 0.3) is 0 Å². The smallest absolute Gasteiger partial charge is 0.307 e. The number of rotatable bonds is 4. The number of carboxylic acids is 1. The Balaban J connectivity index is 1.84. The molecule has 6 heteroatoms. The Morgan fingerprint density at radius 2 is 1.88 bits per heavy atom. The number of hydrogen-bond donors (Lipinski definition) is 2. The van der Waals surface area contributed by atoms with Crippen LogP contribution in [0.3, 0.4) is 0 Å². The van der Waals surface area contributed by atoms with E-state index >= 15 is 0 Å². The normalized spacial score (nSPS) is 24.3. The molecule has 2 aliphatic rings. The highest BCUT2D eigenvalue weighted by Gasteiger charge is 2.43. The Hall–Kier alpha value is -2.37. The Morgan fingerprint density at radius 3 is 2.50 bits per heavy atom. The predicted molar refractivity (Wildman–Crippen MR) is 99.2 cm³/mol. The first kappa shape index (κ1) is 18.4. The lowest BCUT2D eigenvalue weighted by molar-refractivity contribution is -0.147. The Bertz CT molecular complexity index is 756. The number of benzene rings is 1. The maximum Gasteiger partial charge on any atom is 0.307 e. The molecule has 0 aromatic heterocycles. The van der Waals surface area contributed by atoms with Gasteiger partial charge in [0.15, 0.2) is 0 Å². The molecule has 1 aromatic carbocycles. The summed E-state index contributed by atoms with van der Waals surface area (Å²) in [5.41, 5.74) is 1.74. The zero-order chi connectivity index (χ0) is 19.1. The van der Waals surface area contributed by atoms with Gasteiger partial charge in [0, 0.05) is 17.9 Å². The number of aliphatic carboxylic acids is 1. The quantitative estimate of drug-likeness (QED) is 0.865. The molecule has 140 valence electrons. The minimum absolute atomic E-state index is 0.0525. The van der Waals surface area contributed by atoms with Crippen LogP contribution in [0.2, 0.25) is 0 Å². The third-order valence-electron chi connectivity index (χ3n) is 5.74. The van der Waals surface area contributed by atoms with Gasteiger partial charge in [0.1, 0.15) is 0 Å². The number of fused-ring (bicyclic) bond motifs is 1. The average molecular weight is 358 g/mol. The molecule has 1 aromatic rings. The zero-order valence-electron chi connectivity index (χ0n) is 15.5. The Morgan fingerprint density at radius 1 is 1.23 bits per heavy atom. The molecule has 0 saturated heterocycles. The first-order valence-electron chi connectivity index (χ1n) is 9.27. The van der Waals surface area contributed by atoms with Crippen molar-refractivity contribution in [2.45, 2.75) is 51.9 Å². The van der Waals surface area contributed by atoms with Crippen molar-refractivity contribution in [1.29, 1.82) is 0 Å². The summed E-state index contributed by atoms with van der Waals surface area (Å²) in [6.45, 7) is 6.31. The van der Waals surface area contributed by atoms with E-state index < -0.39 is 23.2 Å². The van der Waals surface area contributed by atoms with Gasteiger partial charge in [0.25, 0.3) is 0 Å². The molecule has 0 radical (unpaired) electrons. The van der Waals surface area contributed by atoms with Gasteiger partial charge in [-0.05, 0) is 57.4 Å². The minimum atomic E-state index is -0.899. The molecule has 1 saturated carbocycles. The van der Waals surface area contributed by atoms with E-state index in [9.17, 15) is 19.5 Å². The molecule has 2 amide bonds. The summed E-state index contributed by atoms with van der Waals surface area (Å²) in [4.78, 5) is 38.5. The van der Waals surface area contributed by atoms with E-state index in [2.05, 4.69) is 5.32 Å². The fraction of sp³-hybridized carbons (Fsp3) is 0.550. The van der Waals surface area contributed by atoms with Gasteiger partial charge < -0.3 is 15.3 Å². The van der Waals surface area contributed by atoms with Gasteiger partial charge in [-0.15, -0.1) is 0 Å². The minimum Gasteiger partial charge on any atom is -0.481 e. The largest absolute Gasteiger partial charge is 0.481 e. The summed E-state index contributed by atoms with van der Waals surface area (Å²) >= 11 is 0. The molecule has 2 N–H and O–H groups in total. The number of carbonyl (C=O) groups is 3. The van der Waals surface area contributed by atoms with Crippen LogP contribution < -0.4 is 10.2 Å². The second-order valence-corrected chi connectivity index (χ2v) is 7.73. The Labute approximate surface area is 153 Å². The molecule has 1 heterocycles. The van der Waals surface area contributed by atoms with Gasteiger partial charge in [-0.2, -0.15) is 0 Å². The number of carboxylic acid groups (broad SMARTS) is 1. The summed E-state index contributed by atoms with van der Waals surface area (Å²) in [7, 11) is 0. The van der Waals surface area contributed by atoms with E-state index in [-0.39, 0.29) is 11.8 Å². The van der Waals surface area contributed by atoms with Crippen molar-refractivity contribution in [3.05, 3.63) is 23.8 Å². The van der Waals surface area contributed by atoms with Gasteiger partial charge >= 0.3 is 5.97 Å². The maximum absolute atomic E-state index is 12.7. The second kappa shape index (κ2) is 6.74. The second-order valence-electron chi connectivity index (χ2n) is 7.73. The molecule has 1 aliphatic carbocycles. The van der Waals surface area contributed by atoms with Crippen molar-refractivity contribution in [3.8, 4) is 0 Å². The van der Waals surface area contributed by atoms with Crippen LogP contribution in [0, 0.1) is 11.8 Å². The van der Waals surface area contributed by atoms with E-state index in [1.54, 1.807) is 11.0 Å². The van der Waals surface area contributed by atoms with Crippen molar-refractivity contribution in [2.75, 3.05) is 16.8 Å². The number of anilines is 2. The van der Waals surface area contributed by atoms with Crippen molar-refractivity contribution in [3.63, 3.8) is 0 Å². The van der Waals surface area contributed by atoms with Crippen LogP contribution in [0.1, 0.15) is 52.0 Å². The predicted octanol–water partition coefficient (Wildman–Crippen LogP) is 3.16. The highest BCUT2D eigenvalue weighted by Crippen LogP contribution is 2.42. The lowest BCUT2D eigenvalue weighted by Crippen LogP contribution is -2.36.